The Morgan fingerprint density at radius 2 is 2.33 bits per heavy atom. The van der Waals surface area contributed by atoms with Gasteiger partial charge in [0.25, 0.3) is 0 Å². The van der Waals surface area contributed by atoms with Crippen LogP contribution < -0.4 is 0 Å². The molecule has 2 rings (SSSR count). The van der Waals surface area contributed by atoms with Crippen molar-refractivity contribution in [2.24, 2.45) is 0 Å². The molecule has 12 heavy (non-hydrogen) atoms. The van der Waals surface area contributed by atoms with Gasteiger partial charge in [-0.1, -0.05) is 0 Å². The zero-order valence-corrected chi connectivity index (χ0v) is 8.50. The molecule has 0 aliphatic rings. The number of hydrogen-bond donors (Lipinski definition) is 0. The highest BCUT2D eigenvalue weighted by molar-refractivity contribution is 7.18. The summed E-state index contributed by atoms with van der Waals surface area (Å²) in [5.41, 5.74) is 2.77. The number of nitrogens with zero attached hydrogens (tertiary/aromatic N) is 3. The second-order valence-corrected chi connectivity index (χ2v) is 4.08. The first-order valence-corrected chi connectivity index (χ1v) is 5.20. The normalized spacial score (nSPS) is 10.5. The Morgan fingerprint density at radius 1 is 1.50 bits per heavy atom. The molecular formula is C6H4ClN3S2. The lowest BCUT2D eigenvalue weighted by atomic mass is 10.4. The van der Waals surface area contributed by atoms with E-state index in [1.165, 1.54) is 11.5 Å². The minimum atomic E-state index is 0.308. The highest BCUT2D eigenvalue weighted by atomic mass is 35.5. The maximum Gasteiger partial charge on any atom is 0.234 e. The lowest BCUT2D eigenvalue weighted by Crippen LogP contribution is -1.75. The first-order valence-electron chi connectivity index (χ1n) is 3.17. The molecule has 0 bridgehead atoms. The average Bonchev–Trinajstić information content (AvgIpc) is 2.58. The third kappa shape index (κ3) is 1.35. The van der Waals surface area contributed by atoms with Gasteiger partial charge < -0.3 is 0 Å². The third-order valence-electron chi connectivity index (χ3n) is 1.34. The Balaban J connectivity index is 2.50. The Labute approximate surface area is 82.2 Å². The van der Waals surface area contributed by atoms with Crippen molar-refractivity contribution in [1.29, 1.82) is 0 Å². The van der Waals surface area contributed by atoms with Gasteiger partial charge in [0.2, 0.25) is 5.28 Å². The van der Waals surface area contributed by atoms with E-state index in [2.05, 4.69) is 14.3 Å². The van der Waals surface area contributed by atoms with Crippen LogP contribution in [0.3, 0.4) is 0 Å². The molecule has 0 aromatic carbocycles. The molecule has 2 aromatic rings. The highest BCUT2D eigenvalue weighted by Crippen LogP contribution is 2.29. The predicted octanol–water partition coefficient (Wildman–Crippen LogP) is 2.62. The van der Waals surface area contributed by atoms with E-state index in [1.807, 2.05) is 6.92 Å². The van der Waals surface area contributed by atoms with Crippen LogP contribution in [0.2, 0.25) is 5.28 Å². The van der Waals surface area contributed by atoms with Crippen LogP contribution in [0.1, 0.15) is 5.69 Å². The van der Waals surface area contributed by atoms with E-state index in [-0.39, 0.29) is 0 Å². The quantitative estimate of drug-likeness (QED) is 0.737. The molecule has 0 N–H and O–H groups in total. The molecule has 2 aromatic heterocycles. The van der Waals surface area contributed by atoms with Crippen LogP contribution in [0.4, 0.5) is 0 Å². The summed E-state index contributed by atoms with van der Waals surface area (Å²) in [5, 5.41) is 1.16. The van der Waals surface area contributed by atoms with Crippen molar-refractivity contribution >= 4 is 34.5 Å². The summed E-state index contributed by atoms with van der Waals surface area (Å²) in [6.07, 6.45) is 0. The zero-order valence-electron chi connectivity index (χ0n) is 6.11. The second kappa shape index (κ2) is 3.08. The lowest BCUT2D eigenvalue weighted by molar-refractivity contribution is 1.26. The lowest BCUT2D eigenvalue weighted by Gasteiger charge is -1.87. The summed E-state index contributed by atoms with van der Waals surface area (Å²) < 4.78 is 3.89. The summed E-state index contributed by atoms with van der Waals surface area (Å²) >= 11 is 8.46. The molecule has 0 saturated carbocycles. The van der Waals surface area contributed by atoms with Crippen molar-refractivity contribution in [1.82, 2.24) is 14.3 Å². The molecule has 0 amide bonds. The predicted molar refractivity (Wildman–Crippen MR) is 50.8 cm³/mol. The Kier molecular flexibility index (Phi) is 2.08. The maximum absolute atomic E-state index is 5.60. The molecule has 0 saturated heterocycles. The fraction of sp³-hybridized carbons (Fsp3) is 0.167. The molecule has 0 unspecified atom stereocenters. The number of hydrogen-bond acceptors (Lipinski definition) is 5. The molecule has 62 valence electrons. The van der Waals surface area contributed by atoms with E-state index in [4.69, 9.17) is 11.6 Å². The molecule has 0 aliphatic carbocycles. The fourth-order valence-electron chi connectivity index (χ4n) is 0.805. The third-order valence-corrected chi connectivity index (χ3v) is 3.41. The first kappa shape index (κ1) is 8.10. The Bertz CT molecular complexity index is 395. The van der Waals surface area contributed by atoms with Crippen LogP contribution in [-0.2, 0) is 0 Å². The van der Waals surface area contributed by atoms with Gasteiger partial charge in [-0.15, -0.1) is 11.3 Å². The minimum absolute atomic E-state index is 0.308. The van der Waals surface area contributed by atoms with Crippen molar-refractivity contribution in [3.8, 4) is 9.88 Å². The van der Waals surface area contributed by atoms with Gasteiger partial charge in [0.15, 0.2) is 5.01 Å². The van der Waals surface area contributed by atoms with Gasteiger partial charge in [-0.05, 0) is 30.1 Å². The van der Waals surface area contributed by atoms with Crippen molar-refractivity contribution < 1.29 is 0 Å². The number of rotatable bonds is 1. The van der Waals surface area contributed by atoms with Crippen molar-refractivity contribution in [3.05, 3.63) is 16.5 Å². The van der Waals surface area contributed by atoms with Crippen LogP contribution in [0, 0.1) is 6.92 Å². The maximum atomic E-state index is 5.60. The van der Waals surface area contributed by atoms with E-state index in [1.54, 1.807) is 16.8 Å². The summed E-state index contributed by atoms with van der Waals surface area (Å²) in [4.78, 5) is 9.23. The van der Waals surface area contributed by atoms with Crippen LogP contribution in [-0.4, -0.2) is 14.3 Å². The Hall–Kier alpha value is -0.520. The average molecular weight is 218 g/mol. The fourth-order valence-corrected chi connectivity index (χ4v) is 2.55. The highest BCUT2D eigenvalue weighted by Gasteiger charge is 2.09. The van der Waals surface area contributed by atoms with Crippen molar-refractivity contribution in [2.45, 2.75) is 6.92 Å². The molecule has 2 heterocycles. The standard InChI is InChI=1S/C6H4ClN3S2/c1-3-4(11-2-8-3)5-9-6(7)10-12-5/h2H,1H3. The molecule has 3 nitrogen and oxygen atoms in total. The van der Waals surface area contributed by atoms with E-state index in [0.29, 0.717) is 5.28 Å². The van der Waals surface area contributed by atoms with Gasteiger partial charge in [0.05, 0.1) is 16.1 Å². The van der Waals surface area contributed by atoms with E-state index < -0.39 is 0 Å². The number of aryl methyl sites for hydroxylation is 1. The van der Waals surface area contributed by atoms with Gasteiger partial charge in [-0.25, -0.2) is 9.97 Å². The number of thiazole rings is 1. The van der Waals surface area contributed by atoms with Crippen LogP contribution >= 0.6 is 34.5 Å². The molecule has 0 fully saturated rings. The first-order chi connectivity index (χ1) is 5.77. The monoisotopic (exact) mass is 217 g/mol. The summed E-state index contributed by atoms with van der Waals surface area (Å²) in [7, 11) is 0. The Morgan fingerprint density at radius 3 is 2.83 bits per heavy atom. The second-order valence-electron chi connectivity index (χ2n) is 2.14. The summed E-state index contributed by atoms with van der Waals surface area (Å²) in [6, 6.07) is 0. The van der Waals surface area contributed by atoms with Gasteiger partial charge >= 0.3 is 0 Å². The van der Waals surface area contributed by atoms with Gasteiger partial charge in [-0.2, -0.15) is 4.37 Å². The van der Waals surface area contributed by atoms with E-state index in [0.717, 1.165) is 15.6 Å². The topological polar surface area (TPSA) is 38.7 Å². The molecular weight excluding hydrogens is 214 g/mol. The molecule has 0 spiro atoms. The smallest absolute Gasteiger partial charge is 0.234 e. The zero-order chi connectivity index (χ0) is 8.55. The summed E-state index contributed by atoms with van der Waals surface area (Å²) in [5.74, 6) is 0. The van der Waals surface area contributed by atoms with Crippen LogP contribution in [0.15, 0.2) is 5.51 Å². The van der Waals surface area contributed by atoms with E-state index >= 15 is 0 Å². The minimum Gasteiger partial charge on any atom is -0.249 e. The van der Waals surface area contributed by atoms with Crippen molar-refractivity contribution in [3.63, 3.8) is 0 Å². The van der Waals surface area contributed by atoms with Crippen LogP contribution in [0.5, 0.6) is 0 Å². The molecule has 6 heteroatoms. The van der Waals surface area contributed by atoms with E-state index in [9.17, 15) is 0 Å². The number of aromatic nitrogens is 3. The van der Waals surface area contributed by atoms with Gasteiger partial charge in [-0.3, -0.25) is 0 Å². The van der Waals surface area contributed by atoms with Crippen molar-refractivity contribution in [2.75, 3.05) is 0 Å². The van der Waals surface area contributed by atoms with Crippen LogP contribution in [0.25, 0.3) is 9.88 Å². The van der Waals surface area contributed by atoms with Gasteiger partial charge in [0, 0.05) is 0 Å². The SMILES string of the molecule is Cc1ncsc1-c1nc(Cl)ns1. The molecule has 0 aliphatic heterocycles. The van der Waals surface area contributed by atoms with Gasteiger partial charge in [0.1, 0.15) is 0 Å². The molecule has 0 radical (unpaired) electrons. The molecule has 0 atom stereocenters. The summed E-state index contributed by atoms with van der Waals surface area (Å²) in [6.45, 7) is 1.95. The largest absolute Gasteiger partial charge is 0.249 e. The number of halogens is 1.